The van der Waals surface area contributed by atoms with Crippen LogP contribution in [0.5, 0.6) is 0 Å². The molecule has 1 fully saturated rings. The van der Waals surface area contributed by atoms with Crippen molar-refractivity contribution in [2.45, 2.75) is 38.9 Å². The molecule has 1 aliphatic carbocycles. The van der Waals surface area contributed by atoms with Gasteiger partial charge in [-0.1, -0.05) is 6.07 Å². The van der Waals surface area contributed by atoms with Gasteiger partial charge in [-0.15, -0.1) is 0 Å². The molecule has 0 aliphatic heterocycles. The maximum absolute atomic E-state index is 5.59. The van der Waals surface area contributed by atoms with Crippen molar-refractivity contribution in [2.24, 2.45) is 0 Å². The first-order chi connectivity index (χ1) is 9.85. The predicted molar refractivity (Wildman–Crippen MR) is 77.3 cm³/mol. The Morgan fingerprint density at radius 1 is 1.35 bits per heavy atom. The van der Waals surface area contributed by atoms with Crippen LogP contribution in [-0.4, -0.2) is 22.6 Å². The number of pyridine rings is 1. The molecule has 1 saturated carbocycles. The number of oxazole rings is 1. The fourth-order valence-corrected chi connectivity index (χ4v) is 2.06. The Balaban J connectivity index is 1.62. The molecule has 1 N–H and O–H groups in total. The molecule has 3 rings (SSSR count). The average Bonchev–Trinajstić information content (AvgIpc) is 3.21. The molecule has 0 atom stereocenters. The number of nitrogens with zero attached hydrogens (tertiary/aromatic N) is 3. The van der Waals surface area contributed by atoms with Crippen LogP contribution in [0.3, 0.4) is 0 Å². The highest BCUT2D eigenvalue weighted by atomic mass is 16.4. The number of hydrogen-bond donors (Lipinski definition) is 1. The lowest BCUT2D eigenvalue weighted by molar-refractivity contribution is 0.532. The summed E-state index contributed by atoms with van der Waals surface area (Å²) in [4.78, 5) is 11.0. The molecule has 2 aromatic heterocycles. The summed E-state index contributed by atoms with van der Waals surface area (Å²) in [6.07, 6.45) is 6.12. The number of anilines is 1. The van der Waals surface area contributed by atoms with E-state index in [-0.39, 0.29) is 0 Å². The first kappa shape index (κ1) is 13.1. The lowest BCUT2D eigenvalue weighted by Crippen LogP contribution is -2.23. The van der Waals surface area contributed by atoms with Crippen molar-refractivity contribution >= 4 is 6.01 Å². The van der Waals surface area contributed by atoms with Gasteiger partial charge < -0.3 is 14.6 Å². The zero-order valence-corrected chi connectivity index (χ0v) is 11.7. The Hall–Kier alpha value is -1.88. The van der Waals surface area contributed by atoms with Gasteiger partial charge in [-0.25, -0.2) is 0 Å². The SMILES string of the molecule is CCN(Cc1ccccn1)c1nc(CNC2CC2)co1. The molecular weight excluding hydrogens is 252 g/mol. The van der Waals surface area contributed by atoms with E-state index in [4.69, 9.17) is 4.42 Å². The fourth-order valence-electron chi connectivity index (χ4n) is 2.06. The van der Waals surface area contributed by atoms with Crippen molar-refractivity contribution in [1.29, 1.82) is 0 Å². The molecule has 20 heavy (non-hydrogen) atoms. The third-order valence-corrected chi connectivity index (χ3v) is 3.42. The molecule has 0 unspecified atom stereocenters. The van der Waals surface area contributed by atoms with Gasteiger partial charge in [0.15, 0.2) is 0 Å². The molecule has 5 nitrogen and oxygen atoms in total. The molecule has 106 valence electrons. The second kappa shape index (κ2) is 6.05. The topological polar surface area (TPSA) is 54.2 Å². The van der Waals surface area contributed by atoms with Gasteiger partial charge >= 0.3 is 0 Å². The van der Waals surface area contributed by atoms with E-state index in [1.165, 1.54) is 12.8 Å². The Morgan fingerprint density at radius 3 is 2.95 bits per heavy atom. The van der Waals surface area contributed by atoms with Crippen molar-refractivity contribution in [3.05, 3.63) is 42.0 Å². The van der Waals surface area contributed by atoms with Gasteiger partial charge in [0.1, 0.15) is 6.26 Å². The summed E-state index contributed by atoms with van der Waals surface area (Å²) in [5.74, 6) is 0. The van der Waals surface area contributed by atoms with E-state index >= 15 is 0 Å². The second-order valence-electron chi connectivity index (χ2n) is 5.11. The van der Waals surface area contributed by atoms with E-state index in [1.54, 1.807) is 6.26 Å². The number of aromatic nitrogens is 2. The fraction of sp³-hybridized carbons (Fsp3) is 0.467. The monoisotopic (exact) mass is 272 g/mol. The van der Waals surface area contributed by atoms with E-state index in [0.29, 0.717) is 18.6 Å². The van der Waals surface area contributed by atoms with Gasteiger partial charge in [-0.3, -0.25) is 4.98 Å². The lowest BCUT2D eigenvalue weighted by Gasteiger charge is -2.17. The second-order valence-corrected chi connectivity index (χ2v) is 5.11. The van der Waals surface area contributed by atoms with Crippen molar-refractivity contribution in [1.82, 2.24) is 15.3 Å². The summed E-state index contributed by atoms with van der Waals surface area (Å²) in [5, 5.41) is 3.44. The highest BCUT2D eigenvalue weighted by molar-refractivity contribution is 5.28. The molecule has 0 amide bonds. The van der Waals surface area contributed by atoms with Crippen LogP contribution < -0.4 is 10.2 Å². The van der Waals surface area contributed by atoms with Crippen LogP contribution in [0.1, 0.15) is 31.2 Å². The lowest BCUT2D eigenvalue weighted by atomic mass is 10.3. The van der Waals surface area contributed by atoms with Crippen LogP contribution in [0.25, 0.3) is 0 Å². The first-order valence-electron chi connectivity index (χ1n) is 7.18. The Morgan fingerprint density at radius 2 is 2.25 bits per heavy atom. The summed E-state index contributed by atoms with van der Waals surface area (Å²) in [7, 11) is 0. The molecule has 5 heteroatoms. The molecule has 0 spiro atoms. The van der Waals surface area contributed by atoms with Crippen LogP contribution in [-0.2, 0) is 13.1 Å². The largest absolute Gasteiger partial charge is 0.432 e. The number of rotatable bonds is 7. The van der Waals surface area contributed by atoms with Gasteiger partial charge in [0.25, 0.3) is 6.01 Å². The van der Waals surface area contributed by atoms with E-state index in [9.17, 15) is 0 Å². The first-order valence-corrected chi connectivity index (χ1v) is 7.18. The summed E-state index contributed by atoms with van der Waals surface area (Å²) in [5.41, 5.74) is 1.98. The Labute approximate surface area is 119 Å². The summed E-state index contributed by atoms with van der Waals surface area (Å²) in [6.45, 7) is 4.44. The molecular formula is C15H20N4O. The zero-order valence-electron chi connectivity index (χ0n) is 11.7. The Kier molecular flexibility index (Phi) is 3.97. The molecule has 1 aliphatic rings. The van der Waals surface area contributed by atoms with E-state index in [0.717, 1.165) is 24.5 Å². The predicted octanol–water partition coefficient (Wildman–Crippen LogP) is 2.35. The van der Waals surface area contributed by atoms with Crippen LogP contribution in [0.4, 0.5) is 6.01 Å². The van der Waals surface area contributed by atoms with Gasteiger partial charge in [0.2, 0.25) is 0 Å². The van der Waals surface area contributed by atoms with Crippen molar-refractivity contribution < 1.29 is 4.42 Å². The average molecular weight is 272 g/mol. The minimum Gasteiger partial charge on any atom is -0.432 e. The van der Waals surface area contributed by atoms with Gasteiger partial charge in [0.05, 0.1) is 17.9 Å². The third-order valence-electron chi connectivity index (χ3n) is 3.42. The smallest absolute Gasteiger partial charge is 0.297 e. The van der Waals surface area contributed by atoms with E-state index < -0.39 is 0 Å². The minimum absolute atomic E-state index is 0.672. The quantitative estimate of drug-likeness (QED) is 0.838. The Bertz CT molecular complexity index is 536. The molecule has 2 aromatic rings. The molecule has 0 radical (unpaired) electrons. The molecule has 0 bridgehead atoms. The van der Waals surface area contributed by atoms with Crippen molar-refractivity contribution in [3.63, 3.8) is 0 Å². The highest BCUT2D eigenvalue weighted by Gasteiger charge is 2.21. The van der Waals surface area contributed by atoms with Gasteiger partial charge in [0, 0.05) is 25.3 Å². The summed E-state index contributed by atoms with van der Waals surface area (Å²) >= 11 is 0. The number of nitrogens with one attached hydrogen (secondary N) is 1. The molecule has 0 saturated heterocycles. The van der Waals surface area contributed by atoms with Crippen LogP contribution in [0.2, 0.25) is 0 Å². The van der Waals surface area contributed by atoms with E-state index in [2.05, 4.69) is 27.1 Å². The van der Waals surface area contributed by atoms with Gasteiger partial charge in [-0.05, 0) is 31.9 Å². The maximum Gasteiger partial charge on any atom is 0.297 e. The molecule has 0 aromatic carbocycles. The zero-order chi connectivity index (χ0) is 13.8. The normalized spacial score (nSPS) is 14.4. The highest BCUT2D eigenvalue weighted by Crippen LogP contribution is 2.20. The van der Waals surface area contributed by atoms with Crippen molar-refractivity contribution in [2.75, 3.05) is 11.4 Å². The van der Waals surface area contributed by atoms with Crippen LogP contribution in [0, 0.1) is 0 Å². The van der Waals surface area contributed by atoms with Crippen LogP contribution >= 0.6 is 0 Å². The number of hydrogen-bond acceptors (Lipinski definition) is 5. The van der Waals surface area contributed by atoms with E-state index in [1.807, 2.05) is 24.4 Å². The van der Waals surface area contributed by atoms with Crippen molar-refractivity contribution in [3.8, 4) is 0 Å². The molecule has 2 heterocycles. The van der Waals surface area contributed by atoms with Gasteiger partial charge in [-0.2, -0.15) is 4.98 Å². The summed E-state index contributed by atoms with van der Waals surface area (Å²) in [6, 6.07) is 7.29. The minimum atomic E-state index is 0.672. The third kappa shape index (κ3) is 3.36. The van der Waals surface area contributed by atoms with Crippen LogP contribution in [0.15, 0.2) is 35.1 Å². The summed E-state index contributed by atoms with van der Waals surface area (Å²) < 4.78 is 5.59. The maximum atomic E-state index is 5.59. The standard InChI is InChI=1S/C15H20N4O/c1-2-19(10-13-5-3-4-8-16-13)15-18-14(11-20-15)9-17-12-6-7-12/h3-5,8,11-12,17H,2,6-7,9-10H2,1H3.